The van der Waals surface area contributed by atoms with Gasteiger partial charge in [0.1, 0.15) is 11.8 Å². The molecular formula is C16H24N4O4S. The number of rotatable bonds is 9. The standard InChI is InChI=1S/C16H24N4O4S/c1-11-4-5-13(15(17)19-11)8-20(9-22)12(2)14(6-7-21)25-10-24-16(23)18-3/h4-5,9,21H,6-8,10H2,1-3H3,(H2,17,19)(H,18,23). The Bertz CT molecular complexity index is 637. The second kappa shape index (κ2) is 10.6. The largest absolute Gasteiger partial charge is 0.438 e. The summed E-state index contributed by atoms with van der Waals surface area (Å²) in [6.07, 6.45) is 0.505. The summed E-state index contributed by atoms with van der Waals surface area (Å²) < 4.78 is 4.94. The van der Waals surface area contributed by atoms with E-state index in [1.54, 1.807) is 6.92 Å². The zero-order valence-electron chi connectivity index (χ0n) is 14.6. The van der Waals surface area contributed by atoms with Crippen LogP contribution in [0.5, 0.6) is 0 Å². The van der Waals surface area contributed by atoms with Crippen LogP contribution in [0.2, 0.25) is 0 Å². The zero-order chi connectivity index (χ0) is 18.8. The van der Waals surface area contributed by atoms with Gasteiger partial charge in [0.2, 0.25) is 6.41 Å². The summed E-state index contributed by atoms with van der Waals surface area (Å²) >= 11 is 1.25. The number of ether oxygens (including phenoxy) is 1. The second-order valence-corrected chi connectivity index (χ2v) is 6.17. The highest BCUT2D eigenvalue weighted by Gasteiger charge is 2.14. The van der Waals surface area contributed by atoms with E-state index in [2.05, 4.69) is 10.3 Å². The number of anilines is 1. The molecule has 0 saturated carbocycles. The van der Waals surface area contributed by atoms with E-state index in [1.807, 2.05) is 19.1 Å². The molecule has 1 rings (SSSR count). The molecule has 9 heteroatoms. The van der Waals surface area contributed by atoms with Crippen LogP contribution in [-0.2, 0) is 16.1 Å². The molecule has 0 saturated heterocycles. The molecule has 0 aromatic carbocycles. The Morgan fingerprint density at radius 2 is 2.24 bits per heavy atom. The van der Waals surface area contributed by atoms with E-state index in [0.29, 0.717) is 24.3 Å². The molecule has 1 heterocycles. The Morgan fingerprint density at radius 1 is 1.52 bits per heavy atom. The zero-order valence-corrected chi connectivity index (χ0v) is 15.4. The van der Waals surface area contributed by atoms with E-state index < -0.39 is 6.09 Å². The molecule has 0 radical (unpaired) electrons. The average Bonchev–Trinajstić information content (AvgIpc) is 2.59. The quantitative estimate of drug-likeness (QED) is 0.447. The minimum absolute atomic E-state index is 0.0767. The van der Waals surface area contributed by atoms with E-state index in [0.717, 1.165) is 16.2 Å². The van der Waals surface area contributed by atoms with Gasteiger partial charge in [-0.15, -0.1) is 0 Å². The molecule has 4 N–H and O–H groups in total. The molecule has 2 amide bonds. The van der Waals surface area contributed by atoms with Gasteiger partial charge in [-0.1, -0.05) is 17.8 Å². The van der Waals surface area contributed by atoms with Gasteiger partial charge < -0.3 is 25.8 Å². The third-order valence-electron chi connectivity index (χ3n) is 3.42. The third-order valence-corrected chi connectivity index (χ3v) is 4.50. The molecule has 138 valence electrons. The van der Waals surface area contributed by atoms with Crippen LogP contribution in [0.15, 0.2) is 22.7 Å². The number of aryl methyl sites for hydroxylation is 1. The molecule has 0 bridgehead atoms. The van der Waals surface area contributed by atoms with Crippen molar-refractivity contribution < 1.29 is 19.4 Å². The highest BCUT2D eigenvalue weighted by Crippen LogP contribution is 2.26. The van der Waals surface area contributed by atoms with Crippen molar-refractivity contribution in [2.75, 3.05) is 25.3 Å². The van der Waals surface area contributed by atoms with Crippen LogP contribution in [0, 0.1) is 6.92 Å². The van der Waals surface area contributed by atoms with Crippen LogP contribution in [0.1, 0.15) is 24.6 Å². The van der Waals surface area contributed by atoms with Crippen LogP contribution < -0.4 is 11.1 Å². The maximum absolute atomic E-state index is 11.5. The van der Waals surface area contributed by atoms with Gasteiger partial charge in [-0.25, -0.2) is 9.78 Å². The SMILES string of the molecule is CNC(=O)OCSC(CCO)=C(C)N(C=O)Cc1ccc(C)nc1N. The van der Waals surface area contributed by atoms with Crippen LogP contribution in [0.25, 0.3) is 0 Å². The normalized spacial score (nSPS) is 11.5. The Balaban J connectivity index is 2.91. The minimum atomic E-state index is -0.542. The maximum Gasteiger partial charge on any atom is 0.407 e. The van der Waals surface area contributed by atoms with Gasteiger partial charge in [0.05, 0.1) is 6.54 Å². The van der Waals surface area contributed by atoms with Crippen molar-refractivity contribution >= 4 is 30.1 Å². The van der Waals surface area contributed by atoms with Gasteiger partial charge >= 0.3 is 6.09 Å². The van der Waals surface area contributed by atoms with E-state index in [9.17, 15) is 14.7 Å². The van der Waals surface area contributed by atoms with Gasteiger partial charge in [0.25, 0.3) is 0 Å². The first kappa shape index (κ1) is 20.8. The fraction of sp³-hybridized carbons (Fsp3) is 0.438. The van der Waals surface area contributed by atoms with Crippen molar-refractivity contribution in [2.45, 2.75) is 26.8 Å². The van der Waals surface area contributed by atoms with Gasteiger partial charge in [-0.2, -0.15) is 0 Å². The number of nitrogens with zero attached hydrogens (tertiary/aromatic N) is 2. The number of aromatic nitrogens is 1. The van der Waals surface area contributed by atoms with Crippen LogP contribution in [0.3, 0.4) is 0 Å². The molecule has 0 spiro atoms. The summed E-state index contributed by atoms with van der Waals surface area (Å²) in [5, 5.41) is 11.6. The van der Waals surface area contributed by atoms with Crippen molar-refractivity contribution in [3.8, 4) is 0 Å². The van der Waals surface area contributed by atoms with E-state index in [4.69, 9.17) is 10.5 Å². The van der Waals surface area contributed by atoms with Gasteiger partial charge in [0, 0.05) is 41.9 Å². The first-order valence-corrected chi connectivity index (χ1v) is 8.63. The number of hydrogen-bond donors (Lipinski definition) is 3. The Hall–Kier alpha value is -2.26. The monoisotopic (exact) mass is 368 g/mol. The number of carbonyl (C=O) groups excluding carboxylic acids is 2. The molecule has 25 heavy (non-hydrogen) atoms. The highest BCUT2D eigenvalue weighted by atomic mass is 32.2. The summed E-state index contributed by atoms with van der Waals surface area (Å²) in [4.78, 5) is 29.1. The van der Waals surface area contributed by atoms with E-state index in [-0.39, 0.29) is 19.1 Å². The molecule has 0 unspecified atom stereocenters. The van der Waals surface area contributed by atoms with Gasteiger partial charge in [0.15, 0.2) is 0 Å². The lowest BCUT2D eigenvalue weighted by molar-refractivity contribution is -0.116. The number of nitrogens with one attached hydrogen (secondary N) is 1. The Labute approximate surface area is 151 Å². The summed E-state index contributed by atoms with van der Waals surface area (Å²) in [7, 11) is 1.47. The Morgan fingerprint density at radius 3 is 2.80 bits per heavy atom. The molecule has 1 aromatic heterocycles. The smallest absolute Gasteiger partial charge is 0.407 e. The molecule has 0 atom stereocenters. The fourth-order valence-electron chi connectivity index (χ4n) is 2.00. The van der Waals surface area contributed by atoms with Gasteiger partial charge in [-0.3, -0.25) is 4.79 Å². The highest BCUT2D eigenvalue weighted by molar-refractivity contribution is 8.02. The van der Waals surface area contributed by atoms with Crippen LogP contribution >= 0.6 is 11.8 Å². The van der Waals surface area contributed by atoms with Crippen molar-refractivity contribution in [1.82, 2.24) is 15.2 Å². The predicted molar refractivity (Wildman–Crippen MR) is 97.4 cm³/mol. The average molecular weight is 368 g/mol. The molecule has 0 aliphatic rings. The van der Waals surface area contributed by atoms with Crippen LogP contribution in [0.4, 0.5) is 10.6 Å². The number of amides is 2. The van der Waals surface area contributed by atoms with Crippen LogP contribution in [-0.4, -0.2) is 47.1 Å². The van der Waals surface area contributed by atoms with E-state index >= 15 is 0 Å². The molecule has 8 nitrogen and oxygen atoms in total. The van der Waals surface area contributed by atoms with Crippen molar-refractivity contribution in [2.24, 2.45) is 0 Å². The van der Waals surface area contributed by atoms with Crippen molar-refractivity contribution in [3.63, 3.8) is 0 Å². The van der Waals surface area contributed by atoms with Gasteiger partial charge in [-0.05, 0) is 19.9 Å². The first-order chi connectivity index (χ1) is 11.9. The summed E-state index contributed by atoms with van der Waals surface area (Å²) in [6, 6.07) is 3.66. The number of allylic oxidation sites excluding steroid dienone is 1. The number of aliphatic hydroxyl groups is 1. The Kier molecular flexibility index (Phi) is 8.79. The number of nitrogens with two attached hydrogens (primary N) is 1. The number of aliphatic hydroxyl groups excluding tert-OH is 1. The number of carbonyl (C=O) groups is 2. The summed E-state index contributed by atoms with van der Waals surface area (Å²) in [5.74, 6) is 0.451. The van der Waals surface area contributed by atoms with Crippen molar-refractivity contribution in [3.05, 3.63) is 34.0 Å². The van der Waals surface area contributed by atoms with Crippen molar-refractivity contribution in [1.29, 1.82) is 0 Å². The predicted octanol–water partition coefficient (Wildman–Crippen LogP) is 1.59. The number of thioether (sulfide) groups is 1. The number of nitrogen functional groups attached to an aromatic ring is 1. The second-order valence-electron chi connectivity index (χ2n) is 5.16. The molecular weight excluding hydrogens is 344 g/mol. The lowest BCUT2D eigenvalue weighted by atomic mass is 10.2. The minimum Gasteiger partial charge on any atom is -0.438 e. The summed E-state index contributed by atoms with van der Waals surface area (Å²) in [6.45, 7) is 3.79. The lowest BCUT2D eigenvalue weighted by Gasteiger charge is -2.22. The molecule has 1 aromatic rings. The summed E-state index contributed by atoms with van der Waals surface area (Å²) in [5.41, 5.74) is 8.10. The first-order valence-electron chi connectivity index (χ1n) is 7.64. The fourth-order valence-corrected chi connectivity index (χ4v) is 2.87. The topological polar surface area (TPSA) is 118 Å². The molecule has 0 fully saturated rings. The number of alkyl carbamates (subject to hydrolysis) is 1. The molecule has 0 aliphatic heterocycles. The molecule has 0 aliphatic carbocycles. The number of hydrogen-bond acceptors (Lipinski definition) is 7. The maximum atomic E-state index is 11.5. The third kappa shape index (κ3) is 6.63. The number of pyridine rings is 1. The lowest BCUT2D eigenvalue weighted by Crippen LogP contribution is -2.22. The van der Waals surface area contributed by atoms with E-state index in [1.165, 1.54) is 23.7 Å².